The predicted molar refractivity (Wildman–Crippen MR) is 137 cm³/mol. The van der Waals surface area contributed by atoms with Crippen LogP contribution in [-0.4, -0.2) is 52.8 Å². The van der Waals surface area contributed by atoms with E-state index in [2.05, 4.69) is 37.6 Å². The Morgan fingerprint density at radius 3 is 2.82 bits per heavy atom. The zero-order valence-electron chi connectivity index (χ0n) is 18.9. The molecule has 0 unspecified atom stereocenters. The fourth-order valence-electron chi connectivity index (χ4n) is 4.39. The van der Waals surface area contributed by atoms with Gasteiger partial charge in [-0.25, -0.2) is 4.98 Å². The summed E-state index contributed by atoms with van der Waals surface area (Å²) in [5.41, 5.74) is 5.34. The van der Waals surface area contributed by atoms with Crippen molar-refractivity contribution in [2.75, 3.05) is 42.9 Å². The first-order chi connectivity index (χ1) is 16.5. The second kappa shape index (κ2) is 9.50. The molecule has 3 heterocycles. The number of hydrogen-bond acceptors (Lipinski definition) is 6. The fourth-order valence-corrected chi connectivity index (χ4v) is 4.59. The summed E-state index contributed by atoms with van der Waals surface area (Å²) < 4.78 is 0. The van der Waals surface area contributed by atoms with Gasteiger partial charge in [0.15, 0.2) is 0 Å². The highest BCUT2D eigenvalue weighted by Crippen LogP contribution is 2.29. The maximum absolute atomic E-state index is 12.8. The number of aromatic amines is 2. The number of imidazole rings is 1. The number of aromatic nitrogens is 3. The van der Waals surface area contributed by atoms with Gasteiger partial charge in [0, 0.05) is 49.6 Å². The van der Waals surface area contributed by atoms with Crippen LogP contribution in [0.25, 0.3) is 22.4 Å². The molecule has 0 saturated carbocycles. The van der Waals surface area contributed by atoms with E-state index < -0.39 is 6.10 Å². The average Bonchev–Trinajstić information content (AvgIpc) is 3.27. The summed E-state index contributed by atoms with van der Waals surface area (Å²) in [6, 6.07) is 13.1. The third-order valence-corrected chi connectivity index (χ3v) is 6.40. The lowest BCUT2D eigenvalue weighted by Crippen LogP contribution is -2.43. The van der Waals surface area contributed by atoms with Gasteiger partial charge in [-0.05, 0) is 48.4 Å². The minimum atomic E-state index is -0.787. The number of nitrogens with zero attached hydrogens (tertiary/aromatic N) is 2. The van der Waals surface area contributed by atoms with Crippen LogP contribution in [0.2, 0.25) is 5.02 Å². The SMILES string of the molecule is Cc1cc(N2CCNCC2)cc2[nH]c(-c3c(NC[C@@H](O)c4cccc(Cl)c4)cc[nH]c3=O)nc12. The number of hydrogen-bond donors (Lipinski definition) is 5. The van der Waals surface area contributed by atoms with Crippen LogP contribution in [0.15, 0.2) is 53.5 Å². The Morgan fingerprint density at radius 2 is 2.03 bits per heavy atom. The third kappa shape index (κ3) is 4.52. The molecule has 4 aromatic rings. The maximum Gasteiger partial charge on any atom is 0.261 e. The molecule has 0 bridgehead atoms. The molecule has 1 atom stereocenters. The molecular formula is C25H27ClN6O2. The number of H-pyrrole nitrogens is 2. The van der Waals surface area contributed by atoms with Crippen molar-refractivity contribution in [2.45, 2.75) is 13.0 Å². The molecule has 9 heteroatoms. The summed E-state index contributed by atoms with van der Waals surface area (Å²) in [5, 5.41) is 17.7. The first-order valence-electron chi connectivity index (χ1n) is 11.3. The fraction of sp³-hybridized carbons (Fsp3) is 0.280. The highest BCUT2D eigenvalue weighted by molar-refractivity contribution is 6.30. The van der Waals surface area contributed by atoms with Crippen molar-refractivity contribution in [3.63, 3.8) is 0 Å². The Hall–Kier alpha value is -3.33. The summed E-state index contributed by atoms with van der Waals surface area (Å²) in [4.78, 5) is 26.0. The molecule has 5 rings (SSSR count). The Labute approximate surface area is 202 Å². The number of aliphatic hydroxyl groups excluding tert-OH is 1. The number of pyridine rings is 1. The normalized spacial score (nSPS) is 15.0. The number of aryl methyl sites for hydroxylation is 1. The van der Waals surface area contributed by atoms with Gasteiger partial charge in [0.1, 0.15) is 11.4 Å². The standard InChI is InChI=1S/C25H27ClN6O2/c1-15-11-18(32-9-7-27-8-10-32)13-20-23(15)31-24(30-20)22-19(5-6-28-25(22)34)29-14-21(33)16-3-2-4-17(26)12-16/h2-6,11-13,21,27,33H,7-10,14H2,1H3,(H,30,31)(H2,28,29,34)/t21-/m1/s1. The average molecular weight is 479 g/mol. The van der Waals surface area contributed by atoms with Gasteiger partial charge in [-0.3, -0.25) is 4.79 Å². The number of rotatable bonds is 6. The number of anilines is 2. The van der Waals surface area contributed by atoms with E-state index in [0.717, 1.165) is 48.5 Å². The largest absolute Gasteiger partial charge is 0.387 e. The molecule has 1 aliphatic heterocycles. The lowest BCUT2D eigenvalue weighted by atomic mass is 10.1. The van der Waals surface area contributed by atoms with E-state index in [4.69, 9.17) is 16.6 Å². The van der Waals surface area contributed by atoms with Gasteiger partial charge in [0.2, 0.25) is 0 Å². The first-order valence-corrected chi connectivity index (χ1v) is 11.7. The maximum atomic E-state index is 12.8. The van der Waals surface area contributed by atoms with Gasteiger partial charge in [0.05, 0.1) is 22.8 Å². The third-order valence-electron chi connectivity index (χ3n) is 6.16. The van der Waals surface area contributed by atoms with Gasteiger partial charge < -0.3 is 30.6 Å². The molecule has 0 spiro atoms. The van der Waals surface area contributed by atoms with E-state index in [9.17, 15) is 9.90 Å². The molecule has 0 amide bonds. The minimum absolute atomic E-state index is 0.212. The van der Waals surface area contributed by atoms with Gasteiger partial charge in [0.25, 0.3) is 5.56 Å². The zero-order valence-corrected chi connectivity index (χ0v) is 19.6. The molecule has 0 aliphatic carbocycles. The first kappa shape index (κ1) is 22.5. The molecular weight excluding hydrogens is 452 g/mol. The van der Waals surface area contributed by atoms with Crippen molar-refractivity contribution < 1.29 is 5.11 Å². The van der Waals surface area contributed by atoms with Gasteiger partial charge in [-0.15, -0.1) is 0 Å². The molecule has 8 nitrogen and oxygen atoms in total. The Morgan fingerprint density at radius 1 is 1.21 bits per heavy atom. The number of halogens is 1. The second-order valence-electron chi connectivity index (χ2n) is 8.53. The molecule has 0 radical (unpaired) electrons. The van der Waals surface area contributed by atoms with Crippen LogP contribution in [-0.2, 0) is 0 Å². The van der Waals surface area contributed by atoms with Crippen molar-refractivity contribution >= 4 is 34.0 Å². The van der Waals surface area contributed by atoms with Crippen molar-refractivity contribution in [3.8, 4) is 11.4 Å². The highest BCUT2D eigenvalue weighted by Gasteiger charge is 2.18. The van der Waals surface area contributed by atoms with Crippen LogP contribution in [0, 0.1) is 6.92 Å². The Balaban J connectivity index is 1.46. The van der Waals surface area contributed by atoms with Gasteiger partial charge in [-0.2, -0.15) is 0 Å². The number of benzene rings is 2. The monoisotopic (exact) mass is 478 g/mol. The Kier molecular flexibility index (Phi) is 6.28. The van der Waals surface area contributed by atoms with E-state index >= 15 is 0 Å². The van der Waals surface area contributed by atoms with Crippen LogP contribution in [0.1, 0.15) is 17.2 Å². The summed E-state index contributed by atoms with van der Waals surface area (Å²) >= 11 is 6.05. The summed E-state index contributed by atoms with van der Waals surface area (Å²) in [7, 11) is 0. The van der Waals surface area contributed by atoms with E-state index in [1.54, 1.807) is 30.5 Å². The lowest BCUT2D eigenvalue weighted by molar-refractivity contribution is 0.191. The highest BCUT2D eigenvalue weighted by atomic mass is 35.5. The number of piperazine rings is 1. The molecule has 1 aliphatic rings. The zero-order chi connectivity index (χ0) is 23.7. The van der Waals surface area contributed by atoms with Gasteiger partial charge in [-0.1, -0.05) is 23.7 Å². The molecule has 2 aromatic heterocycles. The molecule has 5 N–H and O–H groups in total. The van der Waals surface area contributed by atoms with Crippen molar-refractivity contribution in [1.29, 1.82) is 0 Å². The van der Waals surface area contributed by atoms with Crippen LogP contribution in [0.3, 0.4) is 0 Å². The van der Waals surface area contributed by atoms with Crippen LogP contribution in [0.5, 0.6) is 0 Å². The quantitative estimate of drug-likeness (QED) is 0.290. The summed E-state index contributed by atoms with van der Waals surface area (Å²) in [6.07, 6.45) is 0.793. The van der Waals surface area contributed by atoms with Crippen molar-refractivity contribution in [1.82, 2.24) is 20.3 Å². The van der Waals surface area contributed by atoms with E-state index in [-0.39, 0.29) is 12.1 Å². The molecule has 2 aromatic carbocycles. The van der Waals surface area contributed by atoms with Crippen molar-refractivity contribution in [2.24, 2.45) is 0 Å². The number of nitrogens with one attached hydrogen (secondary N) is 4. The number of aliphatic hydroxyl groups is 1. The topological polar surface area (TPSA) is 109 Å². The molecule has 34 heavy (non-hydrogen) atoms. The number of fused-ring (bicyclic) bond motifs is 1. The smallest absolute Gasteiger partial charge is 0.261 e. The van der Waals surface area contributed by atoms with E-state index in [1.807, 2.05) is 13.0 Å². The molecule has 1 fully saturated rings. The predicted octanol–water partition coefficient (Wildman–Crippen LogP) is 3.44. The Bertz CT molecular complexity index is 1380. The van der Waals surface area contributed by atoms with Crippen LogP contribution < -0.4 is 21.1 Å². The van der Waals surface area contributed by atoms with Crippen molar-refractivity contribution in [3.05, 3.63) is 75.2 Å². The van der Waals surface area contributed by atoms with Crippen LogP contribution >= 0.6 is 11.6 Å². The minimum Gasteiger partial charge on any atom is -0.387 e. The van der Waals surface area contributed by atoms with E-state index in [1.165, 1.54) is 0 Å². The van der Waals surface area contributed by atoms with E-state index in [0.29, 0.717) is 27.7 Å². The molecule has 176 valence electrons. The van der Waals surface area contributed by atoms with Gasteiger partial charge >= 0.3 is 0 Å². The second-order valence-corrected chi connectivity index (χ2v) is 8.96. The summed E-state index contributed by atoms with van der Waals surface area (Å²) in [5.74, 6) is 0.483. The van der Waals surface area contributed by atoms with Crippen LogP contribution in [0.4, 0.5) is 11.4 Å². The molecule has 1 saturated heterocycles. The summed E-state index contributed by atoms with van der Waals surface area (Å²) in [6.45, 7) is 6.07. The lowest BCUT2D eigenvalue weighted by Gasteiger charge is -2.29.